The number of rotatable bonds is 12. The molecular formula is C33H45FN10O4. The van der Waals surface area contributed by atoms with Crippen molar-refractivity contribution < 1.29 is 23.6 Å². The van der Waals surface area contributed by atoms with Crippen LogP contribution in [0.5, 0.6) is 0 Å². The number of anilines is 2. The van der Waals surface area contributed by atoms with Crippen molar-refractivity contribution in [2.24, 2.45) is 13.0 Å². The van der Waals surface area contributed by atoms with Crippen LogP contribution in [0.1, 0.15) is 67.9 Å². The van der Waals surface area contributed by atoms with Crippen LogP contribution in [-0.2, 0) is 28.0 Å². The molecule has 5 rings (SSSR count). The van der Waals surface area contributed by atoms with E-state index in [1.54, 1.807) is 41.9 Å². The number of benzene rings is 1. The lowest BCUT2D eigenvalue weighted by Gasteiger charge is -2.36. The lowest BCUT2D eigenvalue weighted by atomic mass is 9.82. The predicted octanol–water partition coefficient (Wildman–Crippen LogP) is 2.40. The first-order valence-electron chi connectivity index (χ1n) is 16.6. The zero-order valence-electron chi connectivity index (χ0n) is 28.0. The van der Waals surface area contributed by atoms with Gasteiger partial charge in [0.15, 0.2) is 0 Å². The summed E-state index contributed by atoms with van der Waals surface area (Å²) in [7, 11) is 3.56. The van der Waals surface area contributed by atoms with Crippen molar-refractivity contribution in [3.8, 4) is 0 Å². The molecular weight excluding hydrogens is 619 g/mol. The minimum absolute atomic E-state index is 0.0430. The largest absolute Gasteiger partial charge is 0.338 e. The molecule has 3 heterocycles. The number of halogens is 1. The Morgan fingerprint density at radius 2 is 1.81 bits per heavy atom. The van der Waals surface area contributed by atoms with Gasteiger partial charge in [0.05, 0.1) is 18.1 Å². The van der Waals surface area contributed by atoms with Crippen molar-refractivity contribution in [2.75, 3.05) is 43.4 Å². The van der Waals surface area contributed by atoms with Crippen molar-refractivity contribution in [3.05, 3.63) is 53.7 Å². The van der Waals surface area contributed by atoms with Gasteiger partial charge in [-0.1, -0.05) is 37.5 Å². The van der Waals surface area contributed by atoms with Gasteiger partial charge in [-0.15, -0.1) is 5.10 Å². The van der Waals surface area contributed by atoms with E-state index in [1.807, 2.05) is 14.0 Å². The molecule has 2 aromatic heterocycles. The second-order valence-corrected chi connectivity index (χ2v) is 12.7. The van der Waals surface area contributed by atoms with E-state index in [1.165, 1.54) is 27.9 Å². The van der Waals surface area contributed by atoms with Crippen LogP contribution in [0.3, 0.4) is 0 Å². The third-order valence-corrected chi connectivity index (χ3v) is 9.63. The molecule has 1 aliphatic carbocycles. The van der Waals surface area contributed by atoms with Gasteiger partial charge in [-0.3, -0.25) is 24.1 Å². The second-order valence-electron chi connectivity index (χ2n) is 12.7. The fourth-order valence-electron chi connectivity index (χ4n) is 6.72. The minimum Gasteiger partial charge on any atom is -0.338 e. The highest BCUT2D eigenvalue weighted by Crippen LogP contribution is 2.33. The quantitative estimate of drug-likeness (QED) is 0.280. The van der Waals surface area contributed by atoms with Crippen molar-refractivity contribution in [1.82, 2.24) is 39.9 Å². The standard InChI is InChI=1S/C33H45FN10O4/c1-5-44-28(13-14-36-44)43(21-45)30(23-9-7-6-8-10-23)32(47)37-26-12-11-24(19-25(26)34)22(2)29(33(48)42-17-15-40(3)16-18-42)38-31(46)27-20-35-39-41(27)4/h11-14,19-23,29-30H,5-10,15-18H2,1-4H3,(H,37,47)(H,38,46)/t22-,29+,30-/m0/s1. The molecule has 0 unspecified atom stereocenters. The van der Waals surface area contributed by atoms with E-state index in [-0.39, 0.29) is 23.2 Å². The first kappa shape index (κ1) is 34.7. The summed E-state index contributed by atoms with van der Waals surface area (Å²) < 4.78 is 18.8. The first-order valence-corrected chi connectivity index (χ1v) is 16.6. The fraction of sp³-hybridized carbons (Fsp3) is 0.545. The Bertz CT molecular complexity index is 1590. The third-order valence-electron chi connectivity index (χ3n) is 9.63. The average Bonchev–Trinajstić information content (AvgIpc) is 3.75. The predicted molar refractivity (Wildman–Crippen MR) is 177 cm³/mol. The molecule has 1 aromatic carbocycles. The van der Waals surface area contributed by atoms with Gasteiger partial charge in [0.2, 0.25) is 18.2 Å². The minimum atomic E-state index is -1.00. The number of hydrogen-bond donors (Lipinski definition) is 2. The summed E-state index contributed by atoms with van der Waals surface area (Å²) in [5.74, 6) is -2.21. The monoisotopic (exact) mass is 664 g/mol. The lowest BCUT2D eigenvalue weighted by molar-refractivity contribution is -0.135. The molecule has 0 radical (unpaired) electrons. The van der Waals surface area contributed by atoms with Crippen molar-refractivity contribution >= 4 is 35.6 Å². The molecule has 0 spiro atoms. The highest BCUT2D eigenvalue weighted by molar-refractivity contribution is 6.00. The molecule has 1 saturated heterocycles. The van der Waals surface area contributed by atoms with E-state index < -0.39 is 35.6 Å². The summed E-state index contributed by atoms with van der Waals surface area (Å²) in [5, 5.41) is 17.4. The molecule has 3 aromatic rings. The molecule has 1 saturated carbocycles. The van der Waals surface area contributed by atoms with Gasteiger partial charge in [-0.25, -0.2) is 13.8 Å². The number of likely N-dealkylation sites (N-methyl/N-ethyl adjacent to an activating group) is 1. The number of aromatic nitrogens is 5. The first-order chi connectivity index (χ1) is 23.1. The Balaban J connectivity index is 1.39. The van der Waals surface area contributed by atoms with E-state index in [9.17, 15) is 19.2 Å². The number of nitrogens with zero attached hydrogens (tertiary/aromatic N) is 8. The van der Waals surface area contributed by atoms with Gasteiger partial charge in [-0.05, 0) is 50.4 Å². The number of aryl methyl sites for hydroxylation is 2. The molecule has 3 atom stereocenters. The zero-order chi connectivity index (χ0) is 34.4. The molecule has 2 aliphatic rings. The van der Waals surface area contributed by atoms with Crippen LogP contribution in [0.15, 0.2) is 36.7 Å². The fourth-order valence-corrected chi connectivity index (χ4v) is 6.72. The highest BCUT2D eigenvalue weighted by Gasteiger charge is 2.37. The molecule has 1 aliphatic heterocycles. The van der Waals surface area contributed by atoms with Gasteiger partial charge < -0.3 is 20.4 Å². The zero-order valence-corrected chi connectivity index (χ0v) is 28.0. The highest BCUT2D eigenvalue weighted by atomic mass is 19.1. The molecule has 0 bridgehead atoms. The van der Waals surface area contributed by atoms with Crippen molar-refractivity contribution in [2.45, 2.75) is 70.5 Å². The summed E-state index contributed by atoms with van der Waals surface area (Å²) in [6.45, 7) is 6.56. The number of hydrogen-bond acceptors (Lipinski definition) is 8. The summed E-state index contributed by atoms with van der Waals surface area (Å²) in [6.07, 6.45) is 8.03. The van der Waals surface area contributed by atoms with Crippen LogP contribution in [0.25, 0.3) is 0 Å². The summed E-state index contributed by atoms with van der Waals surface area (Å²) in [5.41, 5.74) is 0.603. The Morgan fingerprint density at radius 3 is 2.44 bits per heavy atom. The molecule has 15 heteroatoms. The molecule has 258 valence electrons. The van der Waals surface area contributed by atoms with Crippen LogP contribution < -0.4 is 15.5 Å². The normalized spacial score (nSPS) is 17.7. The van der Waals surface area contributed by atoms with E-state index in [0.717, 1.165) is 32.1 Å². The van der Waals surface area contributed by atoms with Crippen LogP contribution in [0.2, 0.25) is 0 Å². The van der Waals surface area contributed by atoms with Crippen LogP contribution in [0, 0.1) is 11.7 Å². The maximum Gasteiger partial charge on any atom is 0.271 e. The van der Waals surface area contributed by atoms with E-state index in [0.29, 0.717) is 50.5 Å². The molecule has 14 nitrogen and oxygen atoms in total. The van der Waals surface area contributed by atoms with Crippen LogP contribution >= 0.6 is 0 Å². The Hall–Kier alpha value is -4.66. The van der Waals surface area contributed by atoms with Crippen molar-refractivity contribution in [1.29, 1.82) is 0 Å². The maximum absolute atomic E-state index is 15.8. The summed E-state index contributed by atoms with van der Waals surface area (Å²) in [4.78, 5) is 58.7. The Kier molecular flexibility index (Phi) is 11.2. The maximum atomic E-state index is 15.8. The van der Waals surface area contributed by atoms with Gasteiger partial charge >= 0.3 is 0 Å². The van der Waals surface area contributed by atoms with Gasteiger partial charge in [0, 0.05) is 51.8 Å². The van der Waals surface area contributed by atoms with E-state index in [2.05, 4.69) is 30.9 Å². The molecule has 2 fully saturated rings. The molecule has 4 amide bonds. The van der Waals surface area contributed by atoms with E-state index >= 15 is 4.39 Å². The topological polar surface area (TPSA) is 151 Å². The van der Waals surface area contributed by atoms with Gasteiger partial charge in [0.1, 0.15) is 29.4 Å². The Morgan fingerprint density at radius 1 is 1.08 bits per heavy atom. The number of nitrogens with one attached hydrogen (secondary N) is 2. The number of carbonyl (C=O) groups is 4. The molecule has 2 N–H and O–H groups in total. The SMILES string of the molecule is CCn1nccc1N(C=O)[C@H](C(=O)Nc1ccc([C@H](C)[C@@H](NC(=O)c2cnnn2C)C(=O)N2CCN(C)CC2)cc1F)C1CCCCC1. The van der Waals surface area contributed by atoms with E-state index in [4.69, 9.17) is 0 Å². The van der Waals surface area contributed by atoms with Gasteiger partial charge in [-0.2, -0.15) is 5.10 Å². The van der Waals surface area contributed by atoms with Crippen LogP contribution in [-0.4, -0.2) is 104 Å². The summed E-state index contributed by atoms with van der Waals surface area (Å²) >= 11 is 0. The Labute approximate surface area is 279 Å². The summed E-state index contributed by atoms with van der Waals surface area (Å²) in [6, 6.07) is 4.22. The smallest absolute Gasteiger partial charge is 0.271 e. The van der Waals surface area contributed by atoms with Crippen molar-refractivity contribution in [3.63, 3.8) is 0 Å². The third kappa shape index (κ3) is 7.56. The lowest BCUT2D eigenvalue weighted by Crippen LogP contribution is -2.55. The number of amides is 4. The number of carbonyl (C=O) groups excluding carboxylic acids is 4. The second kappa shape index (κ2) is 15.5. The average molecular weight is 665 g/mol. The van der Waals surface area contributed by atoms with Crippen LogP contribution in [0.4, 0.5) is 15.9 Å². The number of piperazine rings is 1. The molecule has 48 heavy (non-hydrogen) atoms. The van der Waals surface area contributed by atoms with Gasteiger partial charge in [0.25, 0.3) is 5.91 Å².